The summed E-state index contributed by atoms with van der Waals surface area (Å²) in [5.74, 6) is 3.43. The number of ether oxygens (including phenoxy) is 7. The third kappa shape index (κ3) is 7.42. The summed E-state index contributed by atoms with van der Waals surface area (Å²) in [6, 6.07) is 0. The first-order chi connectivity index (χ1) is 28.9. The summed E-state index contributed by atoms with van der Waals surface area (Å²) in [7, 11) is 0. The van der Waals surface area contributed by atoms with Crippen molar-refractivity contribution in [2.45, 2.75) is 209 Å². The lowest BCUT2D eigenvalue weighted by atomic mass is 9.47. The molecule has 61 heavy (non-hydrogen) atoms. The highest BCUT2D eigenvalue weighted by molar-refractivity contribution is 5.26. The van der Waals surface area contributed by atoms with Gasteiger partial charge < -0.3 is 74.0 Å². The lowest BCUT2D eigenvalue weighted by Crippen LogP contribution is -2.66. The molecular weight excluding hydrogens is 794 g/mol. The van der Waals surface area contributed by atoms with Gasteiger partial charge >= 0.3 is 0 Å². The standard InChI is InChI=1S/C45H73NO15/c1-19-9-14-45(46-17-19)20(2)30-28(61-45)16-27-25-8-7-23-15-24(10-12-43(23,5)26(25)11-13-44(27,30)6)57-42-39(60-41-36(53)34(51)32(49)22(4)56-41)37(54)38(29(18-47)58-42)59-40-35(52)33(50)31(48)21(3)55-40/h7,19-22,24-42,46-54H,8-18H2,1-6H3/t19-,20-,21-,22-,24-,25+,26-,27+,28+,29+,30+,31-,32-,33+,34+,35+,36+,37-,38+,39+,40-,41-,42+,43-,44-,45+/m0/s1. The number of fused-ring (bicyclic) bond motifs is 7. The number of aliphatic hydroxyl groups is 8. The van der Waals surface area contributed by atoms with Crippen molar-refractivity contribution < 1.29 is 74.0 Å². The third-order valence-corrected chi connectivity index (χ3v) is 17.9. The van der Waals surface area contributed by atoms with Crippen molar-refractivity contribution in [1.82, 2.24) is 5.32 Å². The zero-order chi connectivity index (χ0) is 43.5. The lowest BCUT2D eigenvalue weighted by Gasteiger charge is -2.59. The Balaban J connectivity index is 0.916. The van der Waals surface area contributed by atoms with E-state index in [0.29, 0.717) is 54.5 Å². The second kappa shape index (κ2) is 16.8. The van der Waals surface area contributed by atoms with Crippen LogP contribution in [0.1, 0.15) is 99.3 Å². The van der Waals surface area contributed by atoms with E-state index in [4.69, 9.17) is 33.2 Å². The highest BCUT2D eigenvalue weighted by Gasteiger charge is 2.68. The zero-order valence-corrected chi connectivity index (χ0v) is 36.6. The quantitative estimate of drug-likeness (QED) is 0.161. The van der Waals surface area contributed by atoms with Gasteiger partial charge in [-0.05, 0) is 112 Å². The minimum absolute atomic E-state index is 0.00472. The molecule has 5 aliphatic heterocycles. The summed E-state index contributed by atoms with van der Waals surface area (Å²) in [5.41, 5.74) is 1.41. The summed E-state index contributed by atoms with van der Waals surface area (Å²) in [4.78, 5) is 0. The molecule has 16 nitrogen and oxygen atoms in total. The van der Waals surface area contributed by atoms with E-state index in [0.717, 1.165) is 32.2 Å². The molecule has 8 fully saturated rings. The lowest BCUT2D eigenvalue weighted by molar-refractivity contribution is -0.388. The minimum Gasteiger partial charge on any atom is -0.394 e. The van der Waals surface area contributed by atoms with Gasteiger partial charge in [0.25, 0.3) is 0 Å². The molecule has 5 heterocycles. The van der Waals surface area contributed by atoms with Crippen molar-refractivity contribution in [2.75, 3.05) is 13.2 Å². The number of hydrogen-bond acceptors (Lipinski definition) is 16. The van der Waals surface area contributed by atoms with Crippen LogP contribution in [-0.4, -0.2) is 164 Å². The second-order valence-electron chi connectivity index (χ2n) is 21.2. The van der Waals surface area contributed by atoms with E-state index in [2.05, 4.69) is 39.1 Å². The van der Waals surface area contributed by atoms with Crippen LogP contribution in [0.5, 0.6) is 0 Å². The minimum atomic E-state index is -1.70. The molecule has 9 rings (SSSR count). The van der Waals surface area contributed by atoms with E-state index in [9.17, 15) is 40.9 Å². The number of allylic oxidation sites excluding steroid dienone is 1. The largest absolute Gasteiger partial charge is 0.394 e. The summed E-state index contributed by atoms with van der Waals surface area (Å²) in [6.45, 7) is 13.2. The number of piperidine rings is 1. The molecular formula is C45H73NO15. The predicted octanol–water partition coefficient (Wildman–Crippen LogP) is 0.815. The van der Waals surface area contributed by atoms with Gasteiger partial charge in [0.15, 0.2) is 18.9 Å². The van der Waals surface area contributed by atoms with E-state index in [1.807, 2.05) is 0 Å². The van der Waals surface area contributed by atoms with Gasteiger partial charge in [0.05, 0.1) is 31.0 Å². The van der Waals surface area contributed by atoms with Gasteiger partial charge in [-0.3, -0.25) is 5.32 Å². The smallest absolute Gasteiger partial charge is 0.187 e. The fraction of sp³-hybridized carbons (Fsp3) is 0.956. The molecule has 9 aliphatic rings. The molecule has 4 aliphatic carbocycles. The van der Waals surface area contributed by atoms with Gasteiger partial charge in [-0.2, -0.15) is 0 Å². The summed E-state index contributed by atoms with van der Waals surface area (Å²) in [5, 5.41) is 89.8. The summed E-state index contributed by atoms with van der Waals surface area (Å²) >= 11 is 0. The molecule has 5 saturated heterocycles. The maximum atomic E-state index is 12.0. The highest BCUT2D eigenvalue weighted by atomic mass is 16.8. The molecule has 0 unspecified atom stereocenters. The first-order valence-corrected chi connectivity index (χ1v) is 23.3. The molecule has 0 amide bonds. The molecule has 0 radical (unpaired) electrons. The maximum absolute atomic E-state index is 12.0. The van der Waals surface area contributed by atoms with Crippen molar-refractivity contribution in [3.05, 3.63) is 11.6 Å². The topological polar surface area (TPSA) is 238 Å². The number of rotatable bonds is 7. The average Bonchev–Trinajstić information content (AvgIpc) is 3.69. The number of nitrogens with one attached hydrogen (secondary N) is 1. The molecule has 0 aromatic rings. The third-order valence-electron chi connectivity index (χ3n) is 17.9. The van der Waals surface area contributed by atoms with Gasteiger partial charge in [0, 0.05) is 12.5 Å². The van der Waals surface area contributed by atoms with E-state index >= 15 is 0 Å². The van der Waals surface area contributed by atoms with Crippen LogP contribution in [0.3, 0.4) is 0 Å². The van der Waals surface area contributed by atoms with Crippen molar-refractivity contribution in [2.24, 2.45) is 46.3 Å². The average molecular weight is 868 g/mol. The monoisotopic (exact) mass is 867 g/mol. The van der Waals surface area contributed by atoms with Crippen molar-refractivity contribution in [3.63, 3.8) is 0 Å². The summed E-state index contributed by atoms with van der Waals surface area (Å²) in [6.07, 6.45) is -9.93. The van der Waals surface area contributed by atoms with Gasteiger partial charge in [-0.1, -0.05) is 39.3 Å². The molecule has 348 valence electrons. The molecule has 0 aromatic heterocycles. The van der Waals surface area contributed by atoms with E-state index in [1.54, 1.807) is 0 Å². The summed E-state index contributed by atoms with van der Waals surface area (Å²) < 4.78 is 43.7. The van der Waals surface area contributed by atoms with Crippen LogP contribution in [0.4, 0.5) is 0 Å². The Bertz CT molecular complexity index is 1600. The Kier molecular flexibility index (Phi) is 12.4. The molecule has 1 spiro atoms. The van der Waals surface area contributed by atoms with Crippen LogP contribution in [0.2, 0.25) is 0 Å². The fourth-order valence-corrected chi connectivity index (χ4v) is 14.2. The van der Waals surface area contributed by atoms with Crippen LogP contribution in [-0.2, 0) is 33.2 Å². The van der Waals surface area contributed by atoms with Crippen LogP contribution in [0, 0.1) is 46.3 Å². The van der Waals surface area contributed by atoms with Gasteiger partial charge in [-0.15, -0.1) is 0 Å². The van der Waals surface area contributed by atoms with Crippen LogP contribution < -0.4 is 5.32 Å². The van der Waals surface area contributed by atoms with Crippen molar-refractivity contribution in [1.29, 1.82) is 0 Å². The van der Waals surface area contributed by atoms with E-state index < -0.39 is 98.7 Å². The fourth-order valence-electron chi connectivity index (χ4n) is 14.2. The maximum Gasteiger partial charge on any atom is 0.187 e. The first kappa shape index (κ1) is 45.3. The Hall–Kier alpha value is -0.900. The molecule has 0 aromatic carbocycles. The van der Waals surface area contributed by atoms with E-state index in [1.165, 1.54) is 38.7 Å². The normalized spacial score (nSPS) is 58.4. The van der Waals surface area contributed by atoms with Gasteiger partial charge in [-0.25, -0.2) is 0 Å². The molecule has 16 heteroatoms. The Morgan fingerprint density at radius 1 is 0.705 bits per heavy atom. The molecule has 9 N–H and O–H groups in total. The van der Waals surface area contributed by atoms with Crippen molar-refractivity contribution in [3.8, 4) is 0 Å². The van der Waals surface area contributed by atoms with Crippen molar-refractivity contribution >= 4 is 0 Å². The SMILES string of the molecule is C[C@H]1CC[C@@]2(NC1)O[C@@H]1C[C@@H]3[C@@H]4CC=C5C[C@@H](O[C@@H]6O[C@H](CO)[C@@H](O[C@@H]7O[C@@H](C)[C@H](O)[C@@H](O)[C@H]7O)[C@H](O)[C@H]6O[C@@H]6O[C@@H](C)[C@H](O)[C@@H](O)[C@H]6O)CC[C@]5(C)[C@H]4CC[C@]3(C)[C@@H]1[C@@H]2C. The Labute approximate surface area is 359 Å². The zero-order valence-electron chi connectivity index (χ0n) is 36.6. The molecule has 3 saturated carbocycles. The van der Waals surface area contributed by atoms with Crippen LogP contribution >= 0.6 is 0 Å². The molecule has 26 atom stereocenters. The highest BCUT2D eigenvalue weighted by Crippen LogP contribution is 2.70. The molecule has 0 bridgehead atoms. The van der Waals surface area contributed by atoms with Gasteiger partial charge in [0.2, 0.25) is 0 Å². The number of hydrogen-bond donors (Lipinski definition) is 9. The number of aliphatic hydroxyl groups excluding tert-OH is 8. The Morgan fingerprint density at radius 2 is 1.36 bits per heavy atom. The van der Waals surface area contributed by atoms with Crippen LogP contribution in [0.25, 0.3) is 0 Å². The second-order valence-corrected chi connectivity index (χ2v) is 21.2. The van der Waals surface area contributed by atoms with E-state index in [-0.39, 0.29) is 22.7 Å². The van der Waals surface area contributed by atoms with Crippen LogP contribution in [0.15, 0.2) is 11.6 Å². The predicted molar refractivity (Wildman–Crippen MR) is 215 cm³/mol. The Morgan fingerprint density at radius 3 is 1.98 bits per heavy atom. The first-order valence-electron chi connectivity index (χ1n) is 23.3. The van der Waals surface area contributed by atoms with Gasteiger partial charge in [0.1, 0.15) is 66.8 Å².